The quantitative estimate of drug-likeness (QED) is 0.165. The summed E-state index contributed by atoms with van der Waals surface area (Å²) in [5, 5.41) is 3.45. The van der Waals surface area contributed by atoms with Crippen molar-refractivity contribution in [2.75, 3.05) is 38.2 Å². The third-order valence-electron chi connectivity index (χ3n) is 9.09. The summed E-state index contributed by atoms with van der Waals surface area (Å²) in [5.41, 5.74) is 4.15. The summed E-state index contributed by atoms with van der Waals surface area (Å²) in [5.74, 6) is 1.88. The van der Waals surface area contributed by atoms with Crippen LogP contribution in [0.3, 0.4) is 0 Å². The monoisotopic (exact) mass is 565 g/mol. The minimum atomic E-state index is -0.525. The van der Waals surface area contributed by atoms with Crippen molar-refractivity contribution in [1.82, 2.24) is 9.88 Å². The lowest BCUT2D eigenvalue weighted by Gasteiger charge is -2.47. The highest BCUT2D eigenvalue weighted by molar-refractivity contribution is 5.81. The summed E-state index contributed by atoms with van der Waals surface area (Å²) in [6.07, 6.45) is 12.6. The molecule has 2 fully saturated rings. The second-order valence-corrected chi connectivity index (χ2v) is 14.2. The van der Waals surface area contributed by atoms with E-state index in [-0.39, 0.29) is 23.3 Å². The first kappa shape index (κ1) is 31.7. The Labute approximate surface area is 249 Å². The highest BCUT2D eigenvalue weighted by Crippen LogP contribution is 2.42. The summed E-state index contributed by atoms with van der Waals surface area (Å²) in [6, 6.07) is 4.09. The van der Waals surface area contributed by atoms with Gasteiger partial charge in [-0.25, -0.2) is 9.78 Å². The molecular weight excluding hydrogens is 510 g/mol. The van der Waals surface area contributed by atoms with Crippen LogP contribution in [-0.4, -0.2) is 60.3 Å². The highest BCUT2D eigenvalue weighted by Gasteiger charge is 2.43. The van der Waals surface area contributed by atoms with Crippen molar-refractivity contribution in [3.8, 4) is 0 Å². The zero-order valence-electron chi connectivity index (χ0n) is 26.7. The zero-order valence-corrected chi connectivity index (χ0v) is 26.7. The van der Waals surface area contributed by atoms with Crippen molar-refractivity contribution < 1.29 is 14.3 Å². The predicted octanol–water partition coefficient (Wildman–Crippen LogP) is 7.14. The van der Waals surface area contributed by atoms with Gasteiger partial charge in [0, 0.05) is 31.9 Å². The van der Waals surface area contributed by atoms with Crippen molar-refractivity contribution in [3.05, 3.63) is 47.2 Å². The van der Waals surface area contributed by atoms with Crippen molar-refractivity contribution in [2.45, 2.75) is 111 Å². The van der Waals surface area contributed by atoms with Gasteiger partial charge in [-0.05, 0) is 106 Å². The number of hydrogen-bond donors (Lipinski definition) is 1. The fraction of sp³-hybridized carbons (Fsp3) is 0.714. The van der Waals surface area contributed by atoms with E-state index in [1.807, 2.05) is 27.7 Å². The van der Waals surface area contributed by atoms with Crippen molar-refractivity contribution >= 4 is 11.8 Å². The number of nitrogens with one attached hydrogen (secondary N) is 1. The fourth-order valence-corrected chi connectivity index (χ4v) is 6.83. The topological polar surface area (TPSA) is 63.7 Å². The van der Waals surface area contributed by atoms with Crippen LogP contribution in [0.1, 0.15) is 97.7 Å². The van der Waals surface area contributed by atoms with E-state index in [9.17, 15) is 4.79 Å². The number of carbonyl (C=O) groups is 1. The molecule has 1 N–H and O–H groups in total. The molecule has 2 unspecified atom stereocenters. The number of ether oxygens (including phenoxy) is 2. The minimum Gasteiger partial charge on any atom is -0.459 e. The maximum Gasteiger partial charge on any atom is 0.328 e. The Kier molecular flexibility index (Phi) is 10.7. The Morgan fingerprint density at radius 3 is 2.71 bits per heavy atom. The van der Waals surface area contributed by atoms with E-state index in [1.54, 1.807) is 0 Å². The minimum absolute atomic E-state index is 0.00752. The van der Waals surface area contributed by atoms with E-state index in [0.717, 1.165) is 69.1 Å². The number of aromatic nitrogens is 1. The number of pyridine rings is 1. The van der Waals surface area contributed by atoms with Crippen molar-refractivity contribution in [3.63, 3.8) is 0 Å². The van der Waals surface area contributed by atoms with E-state index in [4.69, 9.17) is 14.5 Å². The van der Waals surface area contributed by atoms with Gasteiger partial charge in [0.25, 0.3) is 0 Å². The Morgan fingerprint density at radius 2 is 2.00 bits per heavy atom. The van der Waals surface area contributed by atoms with Crippen LogP contribution < -0.4 is 5.32 Å². The first-order chi connectivity index (χ1) is 19.5. The molecule has 1 aromatic heterocycles. The molecule has 1 aromatic rings. The second kappa shape index (κ2) is 13.9. The molecule has 0 aliphatic carbocycles. The predicted molar refractivity (Wildman–Crippen MR) is 168 cm³/mol. The third kappa shape index (κ3) is 8.44. The summed E-state index contributed by atoms with van der Waals surface area (Å²) in [7, 11) is 0. The number of fused-ring (bicyclic) bond motifs is 1. The maximum atomic E-state index is 13.6. The van der Waals surface area contributed by atoms with Crippen molar-refractivity contribution in [1.29, 1.82) is 0 Å². The number of esters is 1. The van der Waals surface area contributed by atoms with Gasteiger partial charge in [0.1, 0.15) is 17.5 Å². The first-order valence-electron chi connectivity index (χ1n) is 16.1. The van der Waals surface area contributed by atoms with Gasteiger partial charge < -0.3 is 14.8 Å². The van der Waals surface area contributed by atoms with Gasteiger partial charge in [-0.15, -0.1) is 0 Å². The first-order valence-corrected chi connectivity index (χ1v) is 16.1. The molecule has 6 heteroatoms. The summed E-state index contributed by atoms with van der Waals surface area (Å²) < 4.78 is 11.7. The number of allylic oxidation sites excluding steroid dienone is 1. The van der Waals surface area contributed by atoms with Crippen LogP contribution in [0.4, 0.5) is 5.82 Å². The molecule has 4 heterocycles. The lowest BCUT2D eigenvalue weighted by atomic mass is 9.69. The molecule has 3 aliphatic rings. The molecule has 228 valence electrons. The van der Waals surface area contributed by atoms with E-state index in [0.29, 0.717) is 5.92 Å². The molecule has 0 amide bonds. The van der Waals surface area contributed by atoms with Gasteiger partial charge in [-0.3, -0.25) is 4.90 Å². The number of anilines is 1. The summed E-state index contributed by atoms with van der Waals surface area (Å²) >= 11 is 0. The third-order valence-corrected chi connectivity index (χ3v) is 9.09. The van der Waals surface area contributed by atoms with E-state index >= 15 is 0 Å². The molecule has 0 saturated carbocycles. The largest absolute Gasteiger partial charge is 0.459 e. The smallest absolute Gasteiger partial charge is 0.328 e. The standard InChI is InChI=1S/C35H55N3O3/c1-8-29(25(2)30-19-21-40-24-35(30,6)7)31(33(39)41-34(3,4)5)38-22-26(23-38)14-11-9-10-12-16-28-18-17-27-15-13-20-36-32(27)37-28/h8,17-18,26,30-31H,2,9-16,19-24H2,1,3-7H3,(H,36,37)/b29-8+. The molecule has 41 heavy (non-hydrogen) atoms. The second-order valence-electron chi connectivity index (χ2n) is 14.2. The number of carbonyl (C=O) groups excluding carboxylic acids is 1. The molecule has 6 nitrogen and oxygen atoms in total. The highest BCUT2D eigenvalue weighted by atomic mass is 16.6. The van der Waals surface area contributed by atoms with Gasteiger partial charge in [-0.2, -0.15) is 0 Å². The van der Waals surface area contributed by atoms with E-state index in [1.165, 1.54) is 49.8 Å². The Hall–Kier alpha value is -2.18. The fourth-order valence-electron chi connectivity index (χ4n) is 6.83. The van der Waals surface area contributed by atoms with E-state index < -0.39 is 5.60 Å². The Bertz CT molecular complexity index is 1080. The molecule has 2 atom stereocenters. The number of hydrogen-bond acceptors (Lipinski definition) is 6. The molecule has 0 radical (unpaired) electrons. The molecule has 0 bridgehead atoms. The van der Waals surface area contributed by atoms with Gasteiger partial charge in [0.15, 0.2) is 0 Å². The van der Waals surface area contributed by atoms with Crippen LogP contribution in [0.15, 0.2) is 35.9 Å². The normalized spacial score (nSPS) is 22.3. The van der Waals surface area contributed by atoms with Crippen LogP contribution in [0.5, 0.6) is 0 Å². The molecule has 0 aromatic carbocycles. The number of rotatable bonds is 12. The average Bonchev–Trinajstić information content (AvgIpc) is 2.89. The van der Waals surface area contributed by atoms with Crippen LogP contribution in [0, 0.1) is 17.3 Å². The van der Waals surface area contributed by atoms with Crippen LogP contribution in [0.2, 0.25) is 0 Å². The number of unbranched alkanes of at least 4 members (excludes halogenated alkanes) is 3. The maximum absolute atomic E-state index is 13.6. The van der Waals surface area contributed by atoms with Gasteiger partial charge in [0.05, 0.1) is 6.61 Å². The number of aryl methyl sites for hydroxylation is 2. The molecular formula is C35H55N3O3. The van der Waals surface area contributed by atoms with Gasteiger partial charge >= 0.3 is 5.97 Å². The lowest BCUT2D eigenvalue weighted by Crippen LogP contribution is -2.57. The molecule has 4 rings (SSSR count). The van der Waals surface area contributed by atoms with Gasteiger partial charge in [-0.1, -0.05) is 51.8 Å². The van der Waals surface area contributed by atoms with Crippen LogP contribution >= 0.6 is 0 Å². The molecule has 3 aliphatic heterocycles. The number of likely N-dealkylation sites (tertiary alicyclic amines) is 1. The average molecular weight is 566 g/mol. The van der Waals surface area contributed by atoms with Crippen molar-refractivity contribution in [2.24, 2.45) is 17.3 Å². The Morgan fingerprint density at radius 1 is 1.24 bits per heavy atom. The lowest BCUT2D eigenvalue weighted by molar-refractivity contribution is -0.162. The summed E-state index contributed by atoms with van der Waals surface area (Å²) in [4.78, 5) is 20.8. The van der Waals surface area contributed by atoms with Crippen LogP contribution in [0.25, 0.3) is 0 Å². The SMILES string of the molecule is C=C(/C(=C\C)C(C(=O)OC(C)(C)C)N1CC(CCCCCCc2ccc3c(n2)NCCC3)C1)C1CCOCC1(C)C. The molecule has 2 saturated heterocycles. The van der Waals surface area contributed by atoms with Crippen LogP contribution in [-0.2, 0) is 27.1 Å². The Balaban J connectivity index is 1.26. The number of nitrogens with zero attached hydrogens (tertiary/aromatic N) is 2. The zero-order chi connectivity index (χ0) is 29.6. The van der Waals surface area contributed by atoms with E-state index in [2.05, 4.69) is 48.9 Å². The molecule has 0 spiro atoms. The summed E-state index contributed by atoms with van der Waals surface area (Å²) in [6.45, 7) is 21.3. The van der Waals surface area contributed by atoms with Gasteiger partial charge in [0.2, 0.25) is 0 Å².